The number of morpholine rings is 1. The molecule has 0 saturated carbocycles. The first-order valence-electron chi connectivity index (χ1n) is 7.92. The molecule has 1 unspecified atom stereocenters. The molecular weight excluding hydrogens is 264 g/mol. The molecule has 1 aromatic rings. The van der Waals surface area contributed by atoms with Gasteiger partial charge in [0.2, 0.25) is 0 Å². The number of aryl methyl sites for hydroxylation is 1. The minimum absolute atomic E-state index is 0.178. The highest BCUT2D eigenvalue weighted by molar-refractivity contribution is 5.52. The van der Waals surface area contributed by atoms with Crippen LogP contribution in [-0.2, 0) is 24.1 Å². The fourth-order valence-corrected chi connectivity index (χ4v) is 3.32. The third-order valence-corrected chi connectivity index (χ3v) is 4.01. The fraction of sp³-hybridized carbons (Fsp3) is 0.750. The molecule has 0 aliphatic carbocycles. The summed E-state index contributed by atoms with van der Waals surface area (Å²) < 4.78 is 5.98. The van der Waals surface area contributed by atoms with Gasteiger partial charge in [-0.2, -0.15) is 5.10 Å². The van der Waals surface area contributed by atoms with Crippen molar-refractivity contribution in [2.24, 2.45) is 5.73 Å². The van der Waals surface area contributed by atoms with Crippen LogP contribution in [0.15, 0.2) is 0 Å². The monoisotopic (exact) mass is 292 g/mol. The van der Waals surface area contributed by atoms with E-state index < -0.39 is 0 Å². The van der Waals surface area contributed by atoms with Crippen LogP contribution in [0.3, 0.4) is 0 Å². The number of hydrogen-bond acceptors (Lipinski definition) is 5. The van der Waals surface area contributed by atoms with Crippen molar-refractivity contribution in [2.45, 2.75) is 65.7 Å². The van der Waals surface area contributed by atoms with Gasteiger partial charge in [-0.15, -0.1) is 5.10 Å². The molecule has 0 spiro atoms. The summed E-state index contributed by atoms with van der Waals surface area (Å²) in [5, 5.41) is 8.93. The van der Waals surface area contributed by atoms with Crippen molar-refractivity contribution in [1.29, 1.82) is 0 Å². The highest BCUT2D eigenvalue weighted by atomic mass is 16.5. The molecule has 2 heterocycles. The second-order valence-corrected chi connectivity index (χ2v) is 6.41. The lowest BCUT2D eigenvalue weighted by molar-refractivity contribution is -0.0752. The van der Waals surface area contributed by atoms with Crippen LogP contribution in [0, 0.1) is 0 Å². The first-order chi connectivity index (χ1) is 9.91. The predicted molar refractivity (Wildman–Crippen MR) is 85.5 cm³/mol. The Morgan fingerprint density at radius 1 is 1.24 bits per heavy atom. The minimum atomic E-state index is -0.180. The summed E-state index contributed by atoms with van der Waals surface area (Å²) in [5.41, 5.74) is 9.34. The molecule has 1 aliphatic rings. The number of rotatable bonds is 4. The van der Waals surface area contributed by atoms with Crippen LogP contribution < -0.4 is 10.6 Å². The molecule has 118 valence electrons. The summed E-state index contributed by atoms with van der Waals surface area (Å²) in [6.45, 7) is 12.8. The van der Waals surface area contributed by atoms with Crippen molar-refractivity contribution < 1.29 is 4.74 Å². The van der Waals surface area contributed by atoms with Crippen LogP contribution >= 0.6 is 0 Å². The van der Waals surface area contributed by atoms with Crippen molar-refractivity contribution in [3.8, 4) is 0 Å². The Hall–Kier alpha value is -1.20. The van der Waals surface area contributed by atoms with Gasteiger partial charge in [0.15, 0.2) is 5.82 Å². The third-order valence-electron chi connectivity index (χ3n) is 4.01. The molecule has 1 saturated heterocycles. The average molecular weight is 292 g/mol. The van der Waals surface area contributed by atoms with E-state index >= 15 is 0 Å². The van der Waals surface area contributed by atoms with Gasteiger partial charge in [0, 0.05) is 25.2 Å². The maximum Gasteiger partial charge on any atom is 0.156 e. The number of nitrogens with zero attached hydrogens (tertiary/aromatic N) is 3. The molecule has 5 heteroatoms. The number of ether oxygens (including phenoxy) is 1. The summed E-state index contributed by atoms with van der Waals surface area (Å²) in [4.78, 5) is 2.28. The molecular formula is C16H28N4O. The highest BCUT2D eigenvalue weighted by Crippen LogP contribution is 2.29. The van der Waals surface area contributed by atoms with E-state index in [1.807, 2.05) is 0 Å². The van der Waals surface area contributed by atoms with Crippen molar-refractivity contribution in [1.82, 2.24) is 10.2 Å². The fourth-order valence-electron chi connectivity index (χ4n) is 3.32. The zero-order valence-corrected chi connectivity index (χ0v) is 13.9. The zero-order chi connectivity index (χ0) is 15.6. The van der Waals surface area contributed by atoms with Gasteiger partial charge in [0.05, 0.1) is 17.4 Å². The summed E-state index contributed by atoms with van der Waals surface area (Å²) in [6, 6.07) is 0. The molecule has 1 aromatic heterocycles. The number of nitrogens with two attached hydrogens (primary N) is 1. The molecule has 0 amide bonds. The molecule has 1 atom stereocenters. The molecule has 0 radical (unpaired) electrons. The summed E-state index contributed by atoms with van der Waals surface area (Å²) >= 11 is 0. The Morgan fingerprint density at radius 3 is 2.48 bits per heavy atom. The standard InChI is InChI=1S/C16H28N4O/c1-6-12-13(8-17)15(19-18-14(12)7-2)20-9-11(3)21-16(4,5)10-20/h11H,6-10,17H2,1-5H3. The lowest BCUT2D eigenvalue weighted by Crippen LogP contribution is -2.52. The van der Waals surface area contributed by atoms with E-state index in [0.717, 1.165) is 43.0 Å². The number of anilines is 1. The molecule has 1 aliphatic heterocycles. The van der Waals surface area contributed by atoms with E-state index in [0.29, 0.717) is 6.54 Å². The predicted octanol–water partition coefficient (Wildman–Crippen LogP) is 2.06. The highest BCUT2D eigenvalue weighted by Gasteiger charge is 2.33. The lowest BCUT2D eigenvalue weighted by Gasteiger charge is -2.42. The third kappa shape index (κ3) is 3.35. The molecule has 0 bridgehead atoms. The maximum absolute atomic E-state index is 6.03. The van der Waals surface area contributed by atoms with E-state index in [4.69, 9.17) is 10.5 Å². The van der Waals surface area contributed by atoms with E-state index in [1.165, 1.54) is 5.56 Å². The van der Waals surface area contributed by atoms with Gasteiger partial charge >= 0.3 is 0 Å². The molecule has 21 heavy (non-hydrogen) atoms. The van der Waals surface area contributed by atoms with E-state index in [9.17, 15) is 0 Å². The van der Waals surface area contributed by atoms with Gasteiger partial charge in [0.25, 0.3) is 0 Å². The quantitative estimate of drug-likeness (QED) is 0.920. The van der Waals surface area contributed by atoms with Gasteiger partial charge < -0.3 is 15.4 Å². The van der Waals surface area contributed by atoms with Crippen LogP contribution in [0.5, 0.6) is 0 Å². The van der Waals surface area contributed by atoms with Gasteiger partial charge in [-0.1, -0.05) is 13.8 Å². The maximum atomic E-state index is 6.03. The smallest absolute Gasteiger partial charge is 0.156 e. The first kappa shape index (κ1) is 16.2. The van der Waals surface area contributed by atoms with Crippen LogP contribution in [0.1, 0.15) is 51.4 Å². The first-order valence-corrected chi connectivity index (χ1v) is 7.92. The molecule has 2 rings (SSSR count). The molecule has 2 N–H and O–H groups in total. The van der Waals surface area contributed by atoms with Gasteiger partial charge in [-0.3, -0.25) is 0 Å². The van der Waals surface area contributed by atoms with Crippen LogP contribution in [0.25, 0.3) is 0 Å². The topological polar surface area (TPSA) is 64.3 Å². The van der Waals surface area contributed by atoms with Crippen LogP contribution in [0.4, 0.5) is 5.82 Å². The van der Waals surface area contributed by atoms with Gasteiger partial charge in [0.1, 0.15) is 0 Å². The Balaban J connectivity index is 2.43. The molecule has 5 nitrogen and oxygen atoms in total. The van der Waals surface area contributed by atoms with Crippen molar-refractivity contribution >= 4 is 5.82 Å². The molecule has 1 fully saturated rings. The van der Waals surface area contributed by atoms with E-state index in [-0.39, 0.29) is 11.7 Å². The van der Waals surface area contributed by atoms with Gasteiger partial charge in [-0.25, -0.2) is 0 Å². The van der Waals surface area contributed by atoms with Crippen molar-refractivity contribution in [3.05, 3.63) is 16.8 Å². The summed E-state index contributed by atoms with van der Waals surface area (Å²) in [7, 11) is 0. The van der Waals surface area contributed by atoms with Gasteiger partial charge in [-0.05, 0) is 39.2 Å². The number of hydrogen-bond donors (Lipinski definition) is 1. The van der Waals surface area contributed by atoms with E-state index in [1.54, 1.807) is 0 Å². The van der Waals surface area contributed by atoms with Crippen LogP contribution in [-0.4, -0.2) is 35.0 Å². The second-order valence-electron chi connectivity index (χ2n) is 6.41. The summed E-state index contributed by atoms with van der Waals surface area (Å²) in [5.74, 6) is 0.940. The Kier molecular flexibility index (Phi) is 4.84. The summed E-state index contributed by atoms with van der Waals surface area (Å²) in [6.07, 6.45) is 2.02. The lowest BCUT2D eigenvalue weighted by atomic mass is 10.0. The largest absolute Gasteiger partial charge is 0.369 e. The Bertz CT molecular complexity index is 501. The number of aromatic nitrogens is 2. The van der Waals surface area contributed by atoms with Crippen molar-refractivity contribution in [3.63, 3.8) is 0 Å². The Morgan fingerprint density at radius 2 is 1.95 bits per heavy atom. The normalized spacial score (nSPS) is 21.6. The Labute approximate surface area is 127 Å². The average Bonchev–Trinajstić information content (AvgIpc) is 2.43. The molecule has 0 aromatic carbocycles. The second kappa shape index (κ2) is 6.28. The van der Waals surface area contributed by atoms with Crippen molar-refractivity contribution in [2.75, 3.05) is 18.0 Å². The van der Waals surface area contributed by atoms with E-state index in [2.05, 4.69) is 49.7 Å². The zero-order valence-electron chi connectivity index (χ0n) is 13.9. The SMILES string of the molecule is CCc1nnc(N2CC(C)OC(C)(C)C2)c(CN)c1CC. The minimum Gasteiger partial charge on any atom is -0.369 e. The van der Waals surface area contributed by atoms with Crippen LogP contribution in [0.2, 0.25) is 0 Å².